The molecule has 0 bridgehead atoms. The molecule has 0 spiro atoms. The fraction of sp³-hybridized carbons (Fsp3) is 0.333. The number of aryl methyl sites for hydroxylation is 1. The van der Waals surface area contributed by atoms with Crippen LogP contribution >= 0.6 is 27.5 Å². The molecule has 2 aliphatic heterocycles. The molecule has 2 atom stereocenters. The number of hydrogen-bond donors (Lipinski definition) is 1. The molecule has 2 aromatic carbocycles. The van der Waals surface area contributed by atoms with E-state index in [-0.39, 0.29) is 17.9 Å². The quantitative estimate of drug-likeness (QED) is 0.689. The summed E-state index contributed by atoms with van der Waals surface area (Å²) in [5, 5.41) is 10.9. The third-order valence-corrected chi connectivity index (χ3v) is 8.29. The molecular formula is C21H21BrClNO4S. The van der Waals surface area contributed by atoms with Crippen LogP contribution in [0, 0.1) is 6.92 Å². The maximum atomic E-state index is 13.6. The van der Waals surface area contributed by atoms with Gasteiger partial charge in [0.1, 0.15) is 16.2 Å². The summed E-state index contributed by atoms with van der Waals surface area (Å²) in [5.41, 5.74) is 1.36. The summed E-state index contributed by atoms with van der Waals surface area (Å²) in [6.45, 7) is 1.90. The smallest absolute Gasteiger partial charge is 0.248 e. The lowest BCUT2D eigenvalue weighted by Gasteiger charge is -2.32. The second-order valence-electron chi connectivity index (χ2n) is 7.61. The van der Waals surface area contributed by atoms with Gasteiger partial charge in [-0.1, -0.05) is 45.7 Å². The summed E-state index contributed by atoms with van der Waals surface area (Å²) >= 11 is 9.65. The van der Waals surface area contributed by atoms with Crippen molar-refractivity contribution in [3.63, 3.8) is 0 Å². The van der Waals surface area contributed by atoms with E-state index in [0.717, 1.165) is 15.6 Å². The second kappa shape index (κ2) is 7.39. The SMILES string of the molecule is COC1=C(c2cc(C)cc(Cl)c2)S(=O)(=O)N2C[C@H](O)C[C@@]12Cc1ccc(Br)cc1. The summed E-state index contributed by atoms with van der Waals surface area (Å²) < 4.78 is 35.3. The molecule has 2 aliphatic rings. The molecule has 2 heterocycles. The maximum Gasteiger partial charge on any atom is 0.248 e. The van der Waals surface area contributed by atoms with Crippen LogP contribution in [0.5, 0.6) is 0 Å². The highest BCUT2D eigenvalue weighted by molar-refractivity contribution is 9.10. The fourth-order valence-electron chi connectivity index (χ4n) is 4.51. The van der Waals surface area contributed by atoms with Gasteiger partial charge in [0.2, 0.25) is 10.0 Å². The average Bonchev–Trinajstić information content (AvgIpc) is 3.05. The number of benzene rings is 2. The van der Waals surface area contributed by atoms with Crippen LogP contribution in [0.1, 0.15) is 23.1 Å². The predicted octanol–water partition coefficient (Wildman–Crippen LogP) is 4.12. The molecule has 5 nitrogen and oxygen atoms in total. The van der Waals surface area contributed by atoms with Crippen molar-refractivity contribution in [3.05, 3.63) is 74.4 Å². The van der Waals surface area contributed by atoms with E-state index < -0.39 is 21.7 Å². The summed E-state index contributed by atoms with van der Waals surface area (Å²) in [7, 11) is -2.39. The van der Waals surface area contributed by atoms with Crippen molar-refractivity contribution in [2.75, 3.05) is 13.7 Å². The Morgan fingerprint density at radius 2 is 1.97 bits per heavy atom. The molecule has 8 heteroatoms. The van der Waals surface area contributed by atoms with Crippen molar-refractivity contribution in [2.24, 2.45) is 0 Å². The first-order chi connectivity index (χ1) is 13.7. The number of ether oxygens (including phenoxy) is 1. The molecule has 0 saturated carbocycles. The third kappa shape index (κ3) is 3.43. The van der Waals surface area contributed by atoms with Crippen molar-refractivity contribution < 1.29 is 18.3 Å². The minimum absolute atomic E-state index is 0.0365. The molecule has 154 valence electrons. The molecule has 1 fully saturated rings. The largest absolute Gasteiger partial charge is 0.498 e. The Morgan fingerprint density at radius 3 is 2.59 bits per heavy atom. The van der Waals surface area contributed by atoms with Crippen LogP contribution in [0.4, 0.5) is 0 Å². The Morgan fingerprint density at radius 1 is 1.28 bits per heavy atom. The number of halogens is 2. The number of rotatable bonds is 4. The Kier molecular flexibility index (Phi) is 5.32. The average molecular weight is 499 g/mol. The number of methoxy groups -OCH3 is 1. The highest BCUT2D eigenvalue weighted by Gasteiger charge is 2.61. The van der Waals surface area contributed by atoms with Crippen LogP contribution < -0.4 is 0 Å². The molecule has 4 rings (SSSR count). The van der Waals surface area contributed by atoms with Gasteiger partial charge in [0.05, 0.1) is 13.2 Å². The number of sulfonamides is 1. The molecule has 2 aromatic rings. The van der Waals surface area contributed by atoms with Crippen LogP contribution in [0.3, 0.4) is 0 Å². The summed E-state index contributed by atoms with van der Waals surface area (Å²) in [6.07, 6.45) is -0.0786. The van der Waals surface area contributed by atoms with Gasteiger partial charge in [-0.25, -0.2) is 8.42 Å². The topological polar surface area (TPSA) is 66.8 Å². The van der Waals surface area contributed by atoms with Gasteiger partial charge in [-0.2, -0.15) is 4.31 Å². The lowest BCUT2D eigenvalue weighted by molar-refractivity contribution is 0.158. The Labute approximate surface area is 184 Å². The van der Waals surface area contributed by atoms with Gasteiger partial charge < -0.3 is 9.84 Å². The first-order valence-corrected chi connectivity index (χ1v) is 11.8. The number of fused-ring (bicyclic) bond motifs is 1. The van der Waals surface area contributed by atoms with Crippen molar-refractivity contribution in [2.45, 2.75) is 31.4 Å². The second-order valence-corrected chi connectivity index (χ2v) is 10.8. The van der Waals surface area contributed by atoms with Gasteiger partial charge in [0.15, 0.2) is 0 Å². The monoisotopic (exact) mass is 497 g/mol. The normalized spacial score (nSPS) is 26.0. The number of β-amino-alcohol motifs (C(OH)–C–C–N with tert-alkyl or cyclic N) is 1. The first-order valence-electron chi connectivity index (χ1n) is 9.19. The van der Waals surface area contributed by atoms with E-state index in [0.29, 0.717) is 22.8 Å². The van der Waals surface area contributed by atoms with Crippen LogP contribution in [-0.4, -0.2) is 43.1 Å². The highest BCUT2D eigenvalue weighted by atomic mass is 79.9. The molecule has 0 amide bonds. The Bertz CT molecular complexity index is 1080. The number of hydrogen-bond acceptors (Lipinski definition) is 4. The zero-order valence-electron chi connectivity index (χ0n) is 16.0. The van der Waals surface area contributed by atoms with E-state index in [1.165, 1.54) is 11.4 Å². The van der Waals surface area contributed by atoms with E-state index in [9.17, 15) is 13.5 Å². The molecule has 29 heavy (non-hydrogen) atoms. The van der Waals surface area contributed by atoms with E-state index in [2.05, 4.69) is 15.9 Å². The first kappa shape index (κ1) is 20.9. The molecule has 0 aliphatic carbocycles. The van der Waals surface area contributed by atoms with Crippen molar-refractivity contribution >= 4 is 42.5 Å². The Hall–Kier alpha value is -1.38. The summed E-state index contributed by atoms with van der Waals surface area (Å²) in [5.74, 6) is 0.360. The zero-order valence-corrected chi connectivity index (χ0v) is 19.2. The third-order valence-electron chi connectivity index (χ3n) is 5.52. The zero-order chi connectivity index (χ0) is 21.0. The number of nitrogens with zero attached hydrogens (tertiary/aromatic N) is 1. The molecule has 0 unspecified atom stereocenters. The van der Waals surface area contributed by atoms with Gasteiger partial charge >= 0.3 is 0 Å². The van der Waals surface area contributed by atoms with Gasteiger partial charge in [-0.15, -0.1) is 0 Å². The van der Waals surface area contributed by atoms with E-state index in [1.807, 2.05) is 31.2 Å². The summed E-state index contributed by atoms with van der Waals surface area (Å²) in [4.78, 5) is 0.134. The number of aliphatic hydroxyl groups excluding tert-OH is 1. The fourth-order valence-corrected chi connectivity index (χ4v) is 7.25. The molecule has 1 saturated heterocycles. The minimum Gasteiger partial charge on any atom is -0.498 e. The Balaban J connectivity index is 1.94. The summed E-state index contributed by atoms with van der Waals surface area (Å²) in [6, 6.07) is 13.0. The van der Waals surface area contributed by atoms with Crippen LogP contribution in [0.2, 0.25) is 5.02 Å². The van der Waals surface area contributed by atoms with Gasteiger partial charge in [-0.05, 0) is 54.3 Å². The molecular weight excluding hydrogens is 478 g/mol. The highest BCUT2D eigenvalue weighted by Crippen LogP contribution is 2.52. The van der Waals surface area contributed by atoms with Gasteiger partial charge in [0, 0.05) is 22.5 Å². The lowest BCUT2D eigenvalue weighted by Crippen LogP contribution is -2.45. The standard InChI is InChI=1S/C21H21BrClNO4S/c1-13-7-15(9-17(23)8-13)19-20(28-2)21(10-14-3-5-16(22)6-4-14)11-18(25)12-24(21)29(19,26)27/h3-9,18,25H,10-12H2,1-2H3/t18-,21+/m1/s1. The number of aliphatic hydroxyl groups is 1. The molecule has 0 radical (unpaired) electrons. The van der Waals surface area contributed by atoms with E-state index >= 15 is 0 Å². The van der Waals surface area contributed by atoms with Crippen LogP contribution in [0.25, 0.3) is 4.91 Å². The lowest BCUT2D eigenvalue weighted by atomic mass is 9.85. The van der Waals surface area contributed by atoms with Crippen LogP contribution in [0.15, 0.2) is 52.7 Å². The predicted molar refractivity (Wildman–Crippen MR) is 117 cm³/mol. The van der Waals surface area contributed by atoms with E-state index in [4.69, 9.17) is 16.3 Å². The maximum absolute atomic E-state index is 13.6. The van der Waals surface area contributed by atoms with Crippen LogP contribution in [-0.2, 0) is 21.2 Å². The van der Waals surface area contributed by atoms with E-state index in [1.54, 1.807) is 18.2 Å². The molecule has 1 N–H and O–H groups in total. The molecule has 0 aromatic heterocycles. The van der Waals surface area contributed by atoms with Crippen molar-refractivity contribution in [1.82, 2.24) is 4.31 Å². The van der Waals surface area contributed by atoms with Gasteiger partial charge in [-0.3, -0.25) is 0 Å². The van der Waals surface area contributed by atoms with Crippen molar-refractivity contribution in [1.29, 1.82) is 0 Å². The minimum atomic E-state index is -3.87. The van der Waals surface area contributed by atoms with Crippen molar-refractivity contribution in [3.8, 4) is 0 Å². The van der Waals surface area contributed by atoms with Gasteiger partial charge in [0.25, 0.3) is 0 Å².